The topological polar surface area (TPSA) is 98.2 Å². The molecule has 0 radical (unpaired) electrons. The third-order valence-electron chi connectivity index (χ3n) is 7.87. The third-order valence-corrected chi connectivity index (χ3v) is 11.7. The molecule has 1 saturated heterocycles. The second kappa shape index (κ2) is 12.4. The van der Waals surface area contributed by atoms with Crippen LogP contribution in [0.3, 0.4) is 0 Å². The summed E-state index contributed by atoms with van der Waals surface area (Å²) in [6, 6.07) is 12.9. The molecule has 8 nitrogen and oxygen atoms in total. The van der Waals surface area contributed by atoms with Gasteiger partial charge in [0.05, 0.1) is 17.2 Å². The number of benzene rings is 2. The molecule has 0 saturated carbocycles. The fourth-order valence-corrected chi connectivity index (χ4v) is 8.47. The minimum absolute atomic E-state index is 0.0218. The molecule has 0 spiro atoms. The van der Waals surface area contributed by atoms with Gasteiger partial charge in [-0.2, -0.15) is 21.8 Å². The zero-order valence-corrected chi connectivity index (χ0v) is 26.3. The highest BCUT2D eigenvalue weighted by atomic mass is 32.2. The van der Waals surface area contributed by atoms with Gasteiger partial charge in [0, 0.05) is 49.2 Å². The summed E-state index contributed by atoms with van der Waals surface area (Å²) in [5, 5.41) is 10.1. The molecule has 4 rings (SSSR count). The molecule has 14 heteroatoms. The fraction of sp³-hybridized carbons (Fsp3) is 0.414. The highest BCUT2D eigenvalue weighted by Crippen LogP contribution is 2.39. The number of piperazine rings is 1. The molecule has 1 fully saturated rings. The van der Waals surface area contributed by atoms with Crippen molar-refractivity contribution >= 4 is 42.8 Å². The number of alkyl halides is 3. The van der Waals surface area contributed by atoms with Crippen LogP contribution in [-0.4, -0.2) is 80.1 Å². The maximum Gasteiger partial charge on any atom is 0.421 e. The summed E-state index contributed by atoms with van der Waals surface area (Å²) in [5.41, 5.74) is -2.23. The van der Waals surface area contributed by atoms with Gasteiger partial charge in [0.15, 0.2) is 5.60 Å². The van der Waals surface area contributed by atoms with E-state index < -0.39 is 43.9 Å². The molecule has 0 aromatic heterocycles. The summed E-state index contributed by atoms with van der Waals surface area (Å²) in [6.45, 7) is 2.38. The molecule has 3 atom stereocenters. The maximum atomic E-state index is 13.7. The number of halogens is 3. The van der Waals surface area contributed by atoms with E-state index >= 15 is 0 Å². The zero-order chi connectivity index (χ0) is 31.8. The summed E-state index contributed by atoms with van der Waals surface area (Å²) >= 11 is 5.33. The van der Waals surface area contributed by atoms with Gasteiger partial charge in [0.25, 0.3) is 0 Å². The van der Waals surface area contributed by atoms with Gasteiger partial charge in [0.2, 0.25) is 20.0 Å². The Morgan fingerprint density at radius 2 is 1.67 bits per heavy atom. The van der Waals surface area contributed by atoms with E-state index in [9.17, 15) is 35.1 Å². The van der Waals surface area contributed by atoms with Crippen LogP contribution < -0.4 is 4.90 Å². The molecule has 2 aromatic rings. The van der Waals surface area contributed by atoms with Crippen molar-refractivity contribution in [3.63, 3.8) is 0 Å². The van der Waals surface area contributed by atoms with Crippen LogP contribution in [0.2, 0.25) is 0 Å². The van der Waals surface area contributed by atoms with Gasteiger partial charge in [-0.3, -0.25) is 0 Å². The van der Waals surface area contributed by atoms with E-state index in [1.165, 1.54) is 39.0 Å². The molecular formula is C29H34F3N3O5S3. The minimum atomic E-state index is -4.90. The Morgan fingerprint density at radius 3 is 2.23 bits per heavy atom. The molecule has 1 aliphatic heterocycles. The predicted octanol–water partition coefficient (Wildman–Crippen LogP) is 4.51. The number of anilines is 1. The minimum Gasteiger partial charge on any atom is -0.376 e. The first-order chi connectivity index (χ1) is 19.9. The number of thiocarbonyl (C=S) groups is 1. The fourth-order valence-electron chi connectivity index (χ4n) is 5.26. The SMILES string of the molecule is CC(c1ccccc1)N(C[C@H]1CN(S(=O)(=O)C2=CC=CCC2=S)CCN1c1ccc([C@@](C)(O)C(F)(F)F)cc1)S(C)(=O)=O. The van der Waals surface area contributed by atoms with Crippen LogP contribution in [0, 0.1) is 0 Å². The molecule has 2 aliphatic rings. The van der Waals surface area contributed by atoms with E-state index in [1.54, 1.807) is 48.2 Å². The van der Waals surface area contributed by atoms with Gasteiger partial charge in [-0.25, -0.2) is 16.8 Å². The highest BCUT2D eigenvalue weighted by Gasteiger charge is 2.51. The lowest BCUT2D eigenvalue weighted by Crippen LogP contribution is -2.59. The Morgan fingerprint density at radius 1 is 1.05 bits per heavy atom. The van der Waals surface area contributed by atoms with Crippen LogP contribution in [0.15, 0.2) is 77.7 Å². The lowest BCUT2D eigenvalue weighted by Gasteiger charge is -2.44. The van der Waals surface area contributed by atoms with Gasteiger partial charge >= 0.3 is 6.18 Å². The van der Waals surface area contributed by atoms with Crippen molar-refractivity contribution in [2.75, 3.05) is 37.3 Å². The largest absolute Gasteiger partial charge is 0.421 e. The van der Waals surface area contributed by atoms with E-state index in [0.29, 0.717) is 19.0 Å². The molecule has 1 N–H and O–H groups in total. The first-order valence-corrected chi connectivity index (χ1v) is 17.2. The van der Waals surface area contributed by atoms with Gasteiger partial charge in [0.1, 0.15) is 0 Å². The van der Waals surface area contributed by atoms with E-state index in [2.05, 4.69) is 0 Å². The van der Waals surface area contributed by atoms with Crippen molar-refractivity contribution in [2.45, 2.75) is 44.1 Å². The average molecular weight is 658 g/mol. The van der Waals surface area contributed by atoms with Crippen molar-refractivity contribution in [3.05, 3.63) is 88.9 Å². The smallest absolute Gasteiger partial charge is 0.376 e. The normalized spacial score (nSPS) is 21.0. The molecule has 1 aliphatic carbocycles. The second-order valence-corrected chi connectivity index (χ2v) is 15.2. The van der Waals surface area contributed by atoms with Gasteiger partial charge < -0.3 is 10.0 Å². The summed E-state index contributed by atoms with van der Waals surface area (Å²) in [6.07, 6.45) is 1.34. The Balaban J connectivity index is 1.72. The summed E-state index contributed by atoms with van der Waals surface area (Å²) in [5.74, 6) is 0. The molecule has 0 bridgehead atoms. The summed E-state index contributed by atoms with van der Waals surface area (Å²) in [7, 11) is -7.81. The molecule has 1 heterocycles. The first-order valence-electron chi connectivity index (χ1n) is 13.5. The van der Waals surface area contributed by atoms with Crippen molar-refractivity contribution in [1.82, 2.24) is 8.61 Å². The molecule has 1 unspecified atom stereocenters. The van der Waals surface area contributed by atoms with E-state index in [1.807, 2.05) is 6.07 Å². The monoisotopic (exact) mass is 657 g/mol. The Bertz CT molecular complexity index is 1610. The number of nitrogens with zero attached hydrogens (tertiary/aromatic N) is 3. The van der Waals surface area contributed by atoms with Crippen LogP contribution in [0.5, 0.6) is 0 Å². The molecular weight excluding hydrogens is 624 g/mol. The average Bonchev–Trinajstić information content (AvgIpc) is 2.95. The predicted molar refractivity (Wildman–Crippen MR) is 165 cm³/mol. The van der Waals surface area contributed by atoms with Crippen molar-refractivity contribution in [1.29, 1.82) is 0 Å². The lowest BCUT2D eigenvalue weighted by atomic mass is 9.95. The van der Waals surface area contributed by atoms with Gasteiger partial charge in [-0.15, -0.1) is 0 Å². The number of hydrogen-bond donors (Lipinski definition) is 1. The first kappa shape index (κ1) is 33.3. The number of allylic oxidation sites excluding steroid dienone is 4. The van der Waals surface area contributed by atoms with Crippen molar-refractivity contribution < 1.29 is 35.1 Å². The van der Waals surface area contributed by atoms with Crippen LogP contribution >= 0.6 is 12.2 Å². The molecule has 0 amide bonds. The van der Waals surface area contributed by atoms with E-state index in [-0.39, 0.29) is 41.5 Å². The number of hydrogen-bond acceptors (Lipinski definition) is 7. The Hall–Kier alpha value is -2.62. The van der Waals surface area contributed by atoms with Gasteiger partial charge in [-0.1, -0.05) is 66.8 Å². The molecule has 43 heavy (non-hydrogen) atoms. The van der Waals surface area contributed by atoms with Crippen LogP contribution in [0.1, 0.15) is 37.4 Å². The third kappa shape index (κ3) is 7.04. The Kier molecular flexibility index (Phi) is 9.60. The Labute approximate surface area is 256 Å². The van der Waals surface area contributed by atoms with Crippen LogP contribution in [-0.2, 0) is 25.6 Å². The van der Waals surface area contributed by atoms with Crippen molar-refractivity contribution in [2.24, 2.45) is 0 Å². The van der Waals surface area contributed by atoms with Crippen molar-refractivity contribution in [3.8, 4) is 0 Å². The van der Waals surface area contributed by atoms with E-state index in [0.717, 1.165) is 11.8 Å². The summed E-state index contributed by atoms with van der Waals surface area (Å²) in [4.78, 5) is 2.10. The zero-order valence-electron chi connectivity index (χ0n) is 23.9. The van der Waals surface area contributed by atoms with Gasteiger partial charge in [-0.05, 0) is 43.2 Å². The lowest BCUT2D eigenvalue weighted by molar-refractivity contribution is -0.258. The number of aliphatic hydroxyl groups is 1. The second-order valence-electron chi connectivity index (χ2n) is 10.8. The van der Waals surface area contributed by atoms with E-state index in [4.69, 9.17) is 12.2 Å². The quantitative estimate of drug-likeness (QED) is 0.397. The summed E-state index contributed by atoms with van der Waals surface area (Å²) < 4.78 is 96.4. The standard InChI is InChI=1S/C29H34F3N3O5S3/c1-21(22-9-5-4-6-10-22)35(42(3,37)38)20-25-19-33(43(39,40)27-12-8-7-11-26(27)41)17-18-34(25)24-15-13-23(14-16-24)28(2,36)29(30,31)32/h4-10,12-16,21,25,36H,11,17-20H2,1-3H3/t21?,25-,28-/m1/s1. The highest BCUT2D eigenvalue weighted by molar-refractivity contribution is 7.96. The maximum absolute atomic E-state index is 13.7. The molecule has 234 valence electrons. The van der Waals surface area contributed by atoms with Crippen LogP contribution in [0.25, 0.3) is 0 Å². The molecule has 2 aromatic carbocycles. The number of rotatable bonds is 9. The number of sulfonamides is 2. The van der Waals surface area contributed by atoms with Crippen LogP contribution in [0.4, 0.5) is 18.9 Å².